The minimum Gasteiger partial charge on any atom is -0.439 e. The number of amides is 3. The van der Waals surface area contributed by atoms with E-state index in [1.54, 1.807) is 48.8 Å². The van der Waals surface area contributed by atoms with E-state index in [0.717, 1.165) is 10.5 Å². The monoisotopic (exact) mass is 394 g/mol. The minimum absolute atomic E-state index is 0.324. The summed E-state index contributed by atoms with van der Waals surface area (Å²) in [6, 6.07) is 12.6. The van der Waals surface area contributed by atoms with Crippen LogP contribution in [0.5, 0.6) is 11.6 Å². The number of carbonyl (C=O) groups is 2. The molecule has 1 aliphatic rings. The zero-order chi connectivity index (χ0) is 19.5. The number of urea groups is 1. The second-order valence-corrected chi connectivity index (χ2v) is 6.58. The van der Waals surface area contributed by atoms with Gasteiger partial charge < -0.3 is 10.1 Å². The summed E-state index contributed by atoms with van der Waals surface area (Å²) in [6.07, 6.45) is 5.13. The van der Waals surface area contributed by atoms with Gasteiger partial charge >= 0.3 is 6.03 Å². The van der Waals surface area contributed by atoms with Gasteiger partial charge in [-0.05, 0) is 48.0 Å². The topological polar surface area (TPSA) is 84.4 Å². The van der Waals surface area contributed by atoms with Crippen LogP contribution in [-0.2, 0) is 11.2 Å². The van der Waals surface area contributed by atoms with E-state index in [0.29, 0.717) is 28.8 Å². The molecule has 1 saturated heterocycles. The number of hydrogen-bond donors (Lipinski definition) is 1. The standard InChI is InChI=1S/C20H15ClN4O3/c21-14-1-4-16(5-2-14)28-18-6-3-15(12-23-18)25-19(26)17(24-20(25)27)11-13-7-9-22-10-8-13/h1-10,12,17H,11H2,(H,24,27). The number of anilines is 1. The van der Waals surface area contributed by atoms with Crippen LogP contribution < -0.4 is 15.0 Å². The van der Waals surface area contributed by atoms with Crippen LogP contribution in [0, 0.1) is 0 Å². The van der Waals surface area contributed by atoms with Gasteiger partial charge in [-0.1, -0.05) is 11.6 Å². The lowest BCUT2D eigenvalue weighted by molar-refractivity contribution is -0.118. The lowest BCUT2D eigenvalue weighted by Gasteiger charge is -2.13. The number of nitrogens with one attached hydrogen (secondary N) is 1. The van der Waals surface area contributed by atoms with Gasteiger partial charge in [0, 0.05) is 29.9 Å². The lowest BCUT2D eigenvalue weighted by atomic mass is 10.1. The number of nitrogens with zero attached hydrogens (tertiary/aromatic N) is 3. The smallest absolute Gasteiger partial charge is 0.329 e. The lowest BCUT2D eigenvalue weighted by Crippen LogP contribution is -2.32. The summed E-state index contributed by atoms with van der Waals surface area (Å²) < 4.78 is 5.63. The second kappa shape index (κ2) is 7.66. The Morgan fingerprint density at radius 3 is 2.46 bits per heavy atom. The Bertz CT molecular complexity index is 994. The maximum atomic E-state index is 12.7. The van der Waals surface area contributed by atoms with E-state index in [-0.39, 0.29) is 5.91 Å². The molecule has 0 bridgehead atoms. The molecular formula is C20H15ClN4O3. The van der Waals surface area contributed by atoms with E-state index in [4.69, 9.17) is 16.3 Å². The average molecular weight is 395 g/mol. The molecule has 1 fully saturated rings. The van der Waals surface area contributed by atoms with Gasteiger partial charge in [0.25, 0.3) is 5.91 Å². The van der Waals surface area contributed by atoms with Gasteiger partial charge in [0.2, 0.25) is 5.88 Å². The molecule has 7 nitrogen and oxygen atoms in total. The molecule has 1 N–H and O–H groups in total. The van der Waals surface area contributed by atoms with Crippen LogP contribution in [0.15, 0.2) is 67.1 Å². The van der Waals surface area contributed by atoms with Crippen LogP contribution in [0.1, 0.15) is 5.56 Å². The fraction of sp³-hybridized carbons (Fsp3) is 0.100. The molecule has 0 aliphatic carbocycles. The van der Waals surface area contributed by atoms with E-state index < -0.39 is 12.1 Å². The highest BCUT2D eigenvalue weighted by molar-refractivity contribution is 6.30. The fourth-order valence-corrected chi connectivity index (χ4v) is 2.98. The maximum Gasteiger partial charge on any atom is 0.329 e. The maximum absolute atomic E-state index is 12.7. The number of rotatable bonds is 5. The summed E-state index contributed by atoms with van der Waals surface area (Å²) in [6.45, 7) is 0. The number of aromatic nitrogens is 2. The molecule has 0 radical (unpaired) electrons. The molecule has 1 atom stereocenters. The summed E-state index contributed by atoms with van der Waals surface area (Å²) in [5.41, 5.74) is 1.29. The molecule has 8 heteroatoms. The van der Waals surface area contributed by atoms with Crippen molar-refractivity contribution in [3.05, 3.63) is 77.7 Å². The molecule has 0 spiro atoms. The first-order valence-corrected chi connectivity index (χ1v) is 8.91. The Morgan fingerprint density at radius 1 is 1.04 bits per heavy atom. The van der Waals surface area contributed by atoms with Crippen molar-refractivity contribution in [3.8, 4) is 11.6 Å². The van der Waals surface area contributed by atoms with E-state index in [1.165, 1.54) is 6.20 Å². The van der Waals surface area contributed by atoms with Crippen molar-refractivity contribution in [2.24, 2.45) is 0 Å². The first kappa shape index (κ1) is 17.9. The van der Waals surface area contributed by atoms with Crippen molar-refractivity contribution in [3.63, 3.8) is 0 Å². The summed E-state index contributed by atoms with van der Waals surface area (Å²) >= 11 is 5.85. The van der Waals surface area contributed by atoms with E-state index in [9.17, 15) is 9.59 Å². The Kier molecular flexibility index (Phi) is 4.90. The van der Waals surface area contributed by atoms with E-state index >= 15 is 0 Å². The van der Waals surface area contributed by atoms with Crippen LogP contribution in [0.2, 0.25) is 5.02 Å². The number of ether oxygens (including phenoxy) is 1. The van der Waals surface area contributed by atoms with Crippen molar-refractivity contribution in [1.82, 2.24) is 15.3 Å². The highest BCUT2D eigenvalue weighted by Gasteiger charge is 2.39. The minimum atomic E-state index is -0.625. The Labute approximate surface area is 165 Å². The third-order valence-corrected chi connectivity index (χ3v) is 4.48. The zero-order valence-corrected chi connectivity index (χ0v) is 15.3. The molecule has 1 aromatic carbocycles. The molecule has 3 heterocycles. The quantitative estimate of drug-likeness (QED) is 0.668. The molecule has 0 saturated carbocycles. The molecule has 3 amide bonds. The second-order valence-electron chi connectivity index (χ2n) is 6.15. The molecule has 28 heavy (non-hydrogen) atoms. The number of hydrogen-bond acceptors (Lipinski definition) is 5. The highest BCUT2D eigenvalue weighted by Crippen LogP contribution is 2.25. The summed E-state index contributed by atoms with van der Waals surface area (Å²) in [5.74, 6) is 0.596. The van der Waals surface area contributed by atoms with Crippen molar-refractivity contribution < 1.29 is 14.3 Å². The van der Waals surface area contributed by atoms with Crippen LogP contribution in [0.4, 0.5) is 10.5 Å². The van der Waals surface area contributed by atoms with Gasteiger partial charge in [-0.25, -0.2) is 14.7 Å². The SMILES string of the molecule is O=C1NC(Cc2ccncc2)C(=O)N1c1ccc(Oc2ccc(Cl)cc2)nc1. The summed E-state index contributed by atoms with van der Waals surface area (Å²) in [7, 11) is 0. The van der Waals surface area contributed by atoms with Gasteiger partial charge in [-0.15, -0.1) is 0 Å². The number of pyridine rings is 2. The summed E-state index contributed by atoms with van der Waals surface area (Å²) in [4.78, 5) is 34.2. The molecule has 2 aromatic heterocycles. The average Bonchev–Trinajstić information content (AvgIpc) is 2.98. The molecule has 140 valence electrons. The van der Waals surface area contributed by atoms with E-state index in [1.807, 2.05) is 12.1 Å². The van der Waals surface area contributed by atoms with Gasteiger partial charge in [0.15, 0.2) is 0 Å². The first-order valence-electron chi connectivity index (χ1n) is 8.53. The van der Waals surface area contributed by atoms with Crippen LogP contribution in [0.3, 0.4) is 0 Å². The molecule has 1 unspecified atom stereocenters. The van der Waals surface area contributed by atoms with Gasteiger partial charge in [0.05, 0.1) is 11.9 Å². The summed E-state index contributed by atoms with van der Waals surface area (Å²) in [5, 5.41) is 3.31. The van der Waals surface area contributed by atoms with Crippen LogP contribution in [0.25, 0.3) is 0 Å². The Morgan fingerprint density at radius 2 is 1.79 bits per heavy atom. The van der Waals surface area contributed by atoms with Crippen molar-refractivity contribution in [1.29, 1.82) is 0 Å². The van der Waals surface area contributed by atoms with Gasteiger partial charge in [-0.2, -0.15) is 0 Å². The van der Waals surface area contributed by atoms with Crippen molar-refractivity contribution in [2.75, 3.05) is 4.90 Å². The highest BCUT2D eigenvalue weighted by atomic mass is 35.5. The predicted octanol–water partition coefficient (Wildman–Crippen LogP) is 3.59. The molecule has 3 aromatic rings. The van der Waals surface area contributed by atoms with E-state index in [2.05, 4.69) is 15.3 Å². The fourth-order valence-electron chi connectivity index (χ4n) is 2.86. The Hall–Kier alpha value is -3.45. The van der Waals surface area contributed by atoms with Gasteiger partial charge in [-0.3, -0.25) is 9.78 Å². The van der Waals surface area contributed by atoms with Gasteiger partial charge in [0.1, 0.15) is 11.8 Å². The molecule has 4 rings (SSSR count). The normalized spacial score (nSPS) is 16.2. The number of carbonyl (C=O) groups excluding carboxylic acids is 2. The third kappa shape index (κ3) is 3.79. The van der Waals surface area contributed by atoms with Crippen molar-refractivity contribution >= 4 is 29.2 Å². The number of imide groups is 1. The van der Waals surface area contributed by atoms with Crippen LogP contribution in [-0.4, -0.2) is 27.9 Å². The van der Waals surface area contributed by atoms with Crippen LogP contribution >= 0.6 is 11.6 Å². The first-order chi connectivity index (χ1) is 13.6. The number of benzene rings is 1. The zero-order valence-electron chi connectivity index (χ0n) is 14.6. The predicted molar refractivity (Wildman–Crippen MR) is 104 cm³/mol. The van der Waals surface area contributed by atoms with Crippen molar-refractivity contribution in [2.45, 2.75) is 12.5 Å². The largest absolute Gasteiger partial charge is 0.439 e. The number of halogens is 1. The molecular weight excluding hydrogens is 380 g/mol. The third-order valence-electron chi connectivity index (χ3n) is 4.22. The molecule has 1 aliphatic heterocycles. The Balaban J connectivity index is 1.46.